The van der Waals surface area contributed by atoms with Gasteiger partial charge in [-0.3, -0.25) is 4.79 Å². The minimum Gasteiger partial charge on any atom is -0.478 e. The van der Waals surface area contributed by atoms with Gasteiger partial charge in [-0.2, -0.15) is 0 Å². The van der Waals surface area contributed by atoms with E-state index in [0.717, 1.165) is 10.8 Å². The van der Waals surface area contributed by atoms with Gasteiger partial charge in [0, 0.05) is 0 Å². The van der Waals surface area contributed by atoms with Gasteiger partial charge in [0.25, 0.3) is 5.91 Å². The molecule has 0 aliphatic heterocycles. The Bertz CT molecular complexity index is 1030. The van der Waals surface area contributed by atoms with Gasteiger partial charge in [0.1, 0.15) is 0 Å². The normalized spacial score (nSPS) is 11.6. The number of fused-ring (bicyclic) bond motifs is 1. The summed E-state index contributed by atoms with van der Waals surface area (Å²) in [6.45, 7) is 0. The number of carboxylic acids is 1. The van der Waals surface area contributed by atoms with Gasteiger partial charge in [-0.15, -0.1) is 0 Å². The lowest BCUT2D eigenvalue weighted by atomic mass is 10.0. The summed E-state index contributed by atoms with van der Waals surface area (Å²) in [6, 6.07) is 17.7. The summed E-state index contributed by atoms with van der Waals surface area (Å²) in [5.41, 5.74) is 0.374. The number of carbonyl (C=O) groups is 3. The van der Waals surface area contributed by atoms with Crippen molar-refractivity contribution in [1.82, 2.24) is 5.32 Å². The van der Waals surface area contributed by atoms with Crippen molar-refractivity contribution in [2.24, 2.45) is 0 Å². The number of ether oxygens (including phenoxy) is 1. The maximum absolute atomic E-state index is 12.7. The second-order valence-electron chi connectivity index (χ2n) is 5.89. The third-order valence-electron chi connectivity index (χ3n) is 4.22. The largest absolute Gasteiger partial charge is 0.478 e. The van der Waals surface area contributed by atoms with Crippen molar-refractivity contribution in [2.75, 3.05) is 7.11 Å². The third kappa shape index (κ3) is 3.79. The molecule has 0 saturated heterocycles. The van der Waals surface area contributed by atoms with Crippen LogP contribution in [0.2, 0.25) is 0 Å². The number of rotatable bonds is 5. The second kappa shape index (κ2) is 7.70. The number of hydrogen-bond donors (Lipinski definition) is 2. The molecule has 0 unspecified atom stereocenters. The first-order valence-electron chi connectivity index (χ1n) is 8.21. The minimum atomic E-state index is -1.22. The zero-order valence-electron chi connectivity index (χ0n) is 14.5. The zero-order chi connectivity index (χ0) is 19.4. The minimum absolute atomic E-state index is 0.0281. The van der Waals surface area contributed by atoms with Crippen molar-refractivity contribution in [2.45, 2.75) is 6.04 Å². The Morgan fingerprint density at radius 1 is 0.889 bits per heavy atom. The average Bonchev–Trinajstić information content (AvgIpc) is 2.70. The van der Waals surface area contributed by atoms with Gasteiger partial charge in [-0.25, -0.2) is 9.59 Å². The van der Waals surface area contributed by atoms with Gasteiger partial charge < -0.3 is 15.2 Å². The van der Waals surface area contributed by atoms with Crippen molar-refractivity contribution in [3.8, 4) is 0 Å². The Labute approximate surface area is 155 Å². The summed E-state index contributed by atoms with van der Waals surface area (Å²) in [6.07, 6.45) is 0. The smallest absolute Gasteiger partial charge is 0.336 e. The van der Waals surface area contributed by atoms with E-state index in [1.807, 2.05) is 30.3 Å². The molecule has 6 heteroatoms. The highest BCUT2D eigenvalue weighted by atomic mass is 16.5. The first-order chi connectivity index (χ1) is 13.0. The number of esters is 1. The van der Waals surface area contributed by atoms with E-state index in [1.165, 1.54) is 25.3 Å². The van der Waals surface area contributed by atoms with E-state index in [0.29, 0.717) is 5.56 Å². The number of methoxy groups -OCH3 is 1. The van der Waals surface area contributed by atoms with Gasteiger partial charge in [-0.1, -0.05) is 48.5 Å². The summed E-state index contributed by atoms with van der Waals surface area (Å²) >= 11 is 0. The van der Waals surface area contributed by atoms with Gasteiger partial charge in [0.15, 0.2) is 6.04 Å². The number of benzene rings is 3. The molecule has 0 fully saturated rings. The predicted octanol–water partition coefficient (Wildman–Crippen LogP) is 3.18. The SMILES string of the molecule is COC(=O)[C@@H](NC(=O)c1ccccc1C(=O)O)c1ccc2ccccc2c1. The molecule has 0 heterocycles. The molecule has 3 aromatic rings. The molecule has 0 saturated carbocycles. The number of amides is 1. The lowest BCUT2D eigenvalue weighted by molar-refractivity contribution is -0.143. The molecule has 0 aliphatic rings. The lowest BCUT2D eigenvalue weighted by Crippen LogP contribution is -2.35. The van der Waals surface area contributed by atoms with Crippen molar-refractivity contribution in [1.29, 1.82) is 0 Å². The third-order valence-corrected chi connectivity index (χ3v) is 4.22. The van der Waals surface area contributed by atoms with Gasteiger partial charge in [0.05, 0.1) is 18.2 Å². The molecule has 1 amide bonds. The Morgan fingerprint density at radius 3 is 2.19 bits per heavy atom. The van der Waals surface area contributed by atoms with Crippen LogP contribution in [0.5, 0.6) is 0 Å². The summed E-state index contributed by atoms with van der Waals surface area (Å²) in [5, 5.41) is 13.8. The lowest BCUT2D eigenvalue weighted by Gasteiger charge is -2.18. The first kappa shape index (κ1) is 18.1. The monoisotopic (exact) mass is 363 g/mol. The molecular formula is C21H17NO5. The summed E-state index contributed by atoms with van der Waals surface area (Å²) in [4.78, 5) is 36.3. The summed E-state index contributed by atoms with van der Waals surface area (Å²) < 4.78 is 4.82. The topological polar surface area (TPSA) is 92.7 Å². The van der Waals surface area contributed by atoms with Crippen LogP contribution >= 0.6 is 0 Å². The van der Waals surface area contributed by atoms with Crippen LogP contribution < -0.4 is 5.32 Å². The molecule has 0 bridgehead atoms. The quantitative estimate of drug-likeness (QED) is 0.679. The fourth-order valence-electron chi connectivity index (χ4n) is 2.86. The number of nitrogens with one attached hydrogen (secondary N) is 1. The van der Waals surface area contributed by atoms with E-state index in [2.05, 4.69) is 5.32 Å². The maximum atomic E-state index is 12.7. The molecule has 2 N–H and O–H groups in total. The van der Waals surface area contributed by atoms with Crippen molar-refractivity contribution in [3.63, 3.8) is 0 Å². The summed E-state index contributed by atoms with van der Waals surface area (Å²) in [5.74, 6) is -2.54. The molecule has 3 aromatic carbocycles. The zero-order valence-corrected chi connectivity index (χ0v) is 14.5. The van der Waals surface area contributed by atoms with Crippen LogP contribution in [0.15, 0.2) is 66.7 Å². The maximum Gasteiger partial charge on any atom is 0.336 e. The van der Waals surface area contributed by atoms with E-state index in [-0.39, 0.29) is 11.1 Å². The van der Waals surface area contributed by atoms with E-state index < -0.39 is 23.9 Å². The molecule has 1 atom stereocenters. The molecule has 0 spiro atoms. The highest BCUT2D eigenvalue weighted by molar-refractivity contribution is 6.05. The molecule has 0 aliphatic carbocycles. The Kier molecular flexibility index (Phi) is 5.17. The fourth-order valence-corrected chi connectivity index (χ4v) is 2.86. The van der Waals surface area contributed by atoms with Crippen molar-refractivity contribution in [3.05, 3.63) is 83.4 Å². The number of hydrogen-bond acceptors (Lipinski definition) is 4. The number of carboxylic acid groups (broad SMARTS) is 1. The molecular weight excluding hydrogens is 346 g/mol. The number of carbonyl (C=O) groups excluding carboxylic acids is 2. The highest BCUT2D eigenvalue weighted by Crippen LogP contribution is 2.22. The van der Waals surface area contributed by atoms with Gasteiger partial charge >= 0.3 is 11.9 Å². The molecule has 0 radical (unpaired) electrons. The van der Waals surface area contributed by atoms with Crippen LogP contribution in [0.3, 0.4) is 0 Å². The molecule has 6 nitrogen and oxygen atoms in total. The highest BCUT2D eigenvalue weighted by Gasteiger charge is 2.26. The molecule has 27 heavy (non-hydrogen) atoms. The Hall–Kier alpha value is -3.67. The standard InChI is InChI=1S/C21H17NO5/c1-27-21(26)18(15-11-10-13-6-2-3-7-14(13)12-15)22-19(23)16-8-4-5-9-17(16)20(24)25/h2-12,18H,1H3,(H,22,23)(H,24,25)/t18-/m0/s1. The van der Waals surface area contributed by atoms with Crippen LogP contribution in [0.1, 0.15) is 32.3 Å². The van der Waals surface area contributed by atoms with E-state index in [9.17, 15) is 19.5 Å². The predicted molar refractivity (Wildman–Crippen MR) is 99.6 cm³/mol. The Balaban J connectivity index is 1.97. The fraction of sp³-hybridized carbons (Fsp3) is 0.0952. The second-order valence-corrected chi connectivity index (χ2v) is 5.89. The van der Waals surface area contributed by atoms with Crippen molar-refractivity contribution < 1.29 is 24.2 Å². The molecule has 3 rings (SSSR count). The van der Waals surface area contributed by atoms with Gasteiger partial charge in [-0.05, 0) is 34.5 Å². The van der Waals surface area contributed by atoms with Gasteiger partial charge in [0.2, 0.25) is 0 Å². The Morgan fingerprint density at radius 2 is 1.52 bits per heavy atom. The molecule has 136 valence electrons. The summed E-state index contributed by atoms with van der Waals surface area (Å²) in [7, 11) is 1.23. The first-order valence-corrected chi connectivity index (χ1v) is 8.21. The van der Waals surface area contributed by atoms with Crippen LogP contribution in [0.4, 0.5) is 0 Å². The van der Waals surface area contributed by atoms with Crippen LogP contribution in [0, 0.1) is 0 Å². The van der Waals surface area contributed by atoms with Crippen LogP contribution in [0.25, 0.3) is 10.8 Å². The number of aromatic carboxylic acids is 1. The van der Waals surface area contributed by atoms with Crippen LogP contribution in [-0.2, 0) is 9.53 Å². The van der Waals surface area contributed by atoms with Crippen molar-refractivity contribution >= 4 is 28.6 Å². The van der Waals surface area contributed by atoms with E-state index in [4.69, 9.17) is 4.74 Å². The average molecular weight is 363 g/mol. The van der Waals surface area contributed by atoms with E-state index in [1.54, 1.807) is 18.2 Å². The molecule has 0 aromatic heterocycles. The van der Waals surface area contributed by atoms with Crippen LogP contribution in [-0.4, -0.2) is 30.1 Å². The van der Waals surface area contributed by atoms with E-state index >= 15 is 0 Å².